The maximum atomic E-state index is 10.0. The normalized spacial score (nSPS) is 11.2. The van der Waals surface area contributed by atoms with Gasteiger partial charge < -0.3 is 18.9 Å². The molecule has 1 N–H and O–H groups in total. The molecule has 3 aromatic heterocycles. The summed E-state index contributed by atoms with van der Waals surface area (Å²) in [4.78, 5) is 14.6. The van der Waals surface area contributed by atoms with Gasteiger partial charge in [0.1, 0.15) is 11.3 Å². The molecule has 6 aromatic rings. The summed E-state index contributed by atoms with van der Waals surface area (Å²) in [6.07, 6.45) is 2.94. The van der Waals surface area contributed by atoms with E-state index in [4.69, 9.17) is 13.9 Å². The Morgan fingerprint density at radius 3 is 2.39 bits per heavy atom. The predicted octanol–water partition coefficient (Wildman–Crippen LogP) is 7.90. The van der Waals surface area contributed by atoms with Crippen molar-refractivity contribution in [1.82, 2.24) is 4.98 Å². The van der Waals surface area contributed by atoms with E-state index in [-0.39, 0.29) is 31.6 Å². The number of carbonyl (C=O) groups is 1. The van der Waals surface area contributed by atoms with Crippen LogP contribution in [0.1, 0.15) is 13.8 Å². The average molecular weight is 653 g/mol. The van der Waals surface area contributed by atoms with Gasteiger partial charge in [-0.25, -0.2) is 0 Å². The molecule has 36 heavy (non-hydrogen) atoms. The summed E-state index contributed by atoms with van der Waals surface area (Å²) >= 11 is 0. The van der Waals surface area contributed by atoms with Crippen molar-refractivity contribution >= 4 is 38.7 Å². The molecule has 1 radical (unpaired) electrons. The Bertz CT molecular complexity index is 1690. The fourth-order valence-electron chi connectivity index (χ4n) is 4.00. The van der Waals surface area contributed by atoms with Gasteiger partial charge in [-0.2, -0.15) is 0 Å². The number of aromatic nitrogens is 1. The number of aliphatic hydroxyl groups excluding tert-OH is 1. The fraction of sp³-hybridized carbons (Fsp3) is 0.0667. The van der Waals surface area contributed by atoms with Crippen LogP contribution in [0.4, 0.5) is 0 Å². The number of hydrogen-bond donors (Lipinski definition) is 1. The zero-order valence-corrected chi connectivity index (χ0v) is 22.0. The molecule has 0 bridgehead atoms. The molecule has 5 nitrogen and oxygen atoms in total. The molecule has 181 valence electrons. The Morgan fingerprint density at radius 2 is 1.67 bits per heavy atom. The van der Waals surface area contributed by atoms with Gasteiger partial charge >= 0.3 is 0 Å². The first kappa shape index (κ1) is 25.1. The molecule has 3 heterocycles. The Labute approximate surface area is 221 Å². The molecule has 0 amide bonds. The van der Waals surface area contributed by atoms with Gasteiger partial charge in [-0.1, -0.05) is 65.5 Å². The first-order valence-electron chi connectivity index (χ1n) is 11.1. The molecule has 0 atom stereocenters. The Morgan fingerprint density at radius 1 is 0.917 bits per heavy atom. The largest absolute Gasteiger partial charge is 0.512 e. The van der Waals surface area contributed by atoms with Gasteiger partial charge in [0, 0.05) is 42.5 Å². The molecule has 6 rings (SSSR count). The minimum Gasteiger partial charge on any atom is -0.512 e. The van der Waals surface area contributed by atoms with Gasteiger partial charge in [-0.3, -0.25) is 4.79 Å². The van der Waals surface area contributed by atoms with Gasteiger partial charge in [-0.15, -0.1) is 18.2 Å². The molecule has 0 saturated carbocycles. The quantitative estimate of drug-likeness (QED) is 0.120. The first-order valence-corrected chi connectivity index (χ1v) is 11.1. The van der Waals surface area contributed by atoms with Crippen LogP contribution in [0.5, 0.6) is 0 Å². The maximum Gasteiger partial charge on any atom is 0.155 e. The van der Waals surface area contributed by atoms with E-state index in [0.717, 1.165) is 55.5 Å². The number of fused-ring (bicyclic) bond motifs is 4. The summed E-state index contributed by atoms with van der Waals surface area (Å²) in [6.45, 7) is 2.85. The Kier molecular flexibility index (Phi) is 7.49. The third-order valence-electron chi connectivity index (χ3n) is 5.47. The van der Waals surface area contributed by atoms with Crippen molar-refractivity contribution in [3.63, 3.8) is 0 Å². The molecule has 0 aliphatic carbocycles. The Balaban J connectivity index is 0.000000338. The van der Waals surface area contributed by atoms with Crippen LogP contribution >= 0.6 is 0 Å². The number of rotatable bonds is 3. The number of para-hydroxylation sites is 1. The van der Waals surface area contributed by atoms with E-state index in [2.05, 4.69) is 23.2 Å². The topological polar surface area (TPSA) is 76.5 Å². The number of hydrogen-bond acceptors (Lipinski definition) is 5. The number of pyridine rings is 1. The maximum absolute atomic E-state index is 10.0. The third kappa shape index (κ3) is 5.15. The van der Waals surface area contributed by atoms with E-state index in [1.165, 1.54) is 19.9 Å². The number of carbonyl (C=O) groups excluding carboxylic acids is 1. The van der Waals surface area contributed by atoms with Crippen molar-refractivity contribution in [2.75, 3.05) is 0 Å². The minimum absolute atomic E-state index is 0. The number of aliphatic hydroxyl groups is 1. The van der Waals surface area contributed by atoms with Gasteiger partial charge in [0.15, 0.2) is 11.4 Å². The van der Waals surface area contributed by atoms with Crippen LogP contribution in [-0.2, 0) is 24.9 Å². The van der Waals surface area contributed by atoms with E-state index < -0.39 is 0 Å². The molecule has 6 heteroatoms. The van der Waals surface area contributed by atoms with Crippen LogP contribution in [0.15, 0.2) is 106 Å². The molecule has 0 fully saturated rings. The van der Waals surface area contributed by atoms with Gasteiger partial charge in [0.25, 0.3) is 0 Å². The smallest absolute Gasteiger partial charge is 0.155 e. The summed E-state index contributed by atoms with van der Waals surface area (Å²) in [5.74, 6) is 0.771. The van der Waals surface area contributed by atoms with Crippen LogP contribution in [0, 0.1) is 6.07 Å². The molecular weight excluding hydrogens is 631 g/mol. The SMILES string of the molecule is CC(=O)/C=C(/C)O.[Ir].[c-]1ccc2c(oc3ccccc32)c1-c1cc2cc(-c3ccccc3)oc2cn1. The van der Waals surface area contributed by atoms with Crippen molar-refractivity contribution in [3.8, 4) is 22.6 Å². The third-order valence-corrected chi connectivity index (χ3v) is 5.47. The van der Waals surface area contributed by atoms with Crippen LogP contribution in [-0.4, -0.2) is 15.9 Å². The van der Waals surface area contributed by atoms with E-state index in [9.17, 15) is 4.79 Å². The second-order valence-electron chi connectivity index (χ2n) is 8.17. The van der Waals surface area contributed by atoms with Crippen molar-refractivity contribution in [1.29, 1.82) is 0 Å². The first-order chi connectivity index (χ1) is 17.0. The van der Waals surface area contributed by atoms with E-state index in [1.54, 1.807) is 6.20 Å². The summed E-state index contributed by atoms with van der Waals surface area (Å²) < 4.78 is 12.1. The fourth-order valence-corrected chi connectivity index (χ4v) is 4.00. The molecule has 0 aliphatic heterocycles. The molecule has 0 spiro atoms. The van der Waals surface area contributed by atoms with Crippen LogP contribution in [0.2, 0.25) is 0 Å². The molecule has 0 aliphatic rings. The molecule has 3 aromatic carbocycles. The molecule has 0 saturated heterocycles. The zero-order chi connectivity index (χ0) is 24.4. The van der Waals surface area contributed by atoms with E-state index >= 15 is 0 Å². The average Bonchev–Trinajstić information content (AvgIpc) is 3.45. The number of benzene rings is 3. The van der Waals surface area contributed by atoms with Crippen LogP contribution in [0.3, 0.4) is 0 Å². The summed E-state index contributed by atoms with van der Waals surface area (Å²) in [5.41, 5.74) is 5.16. The second kappa shape index (κ2) is 10.7. The summed E-state index contributed by atoms with van der Waals surface area (Å²) in [6, 6.07) is 29.5. The zero-order valence-electron chi connectivity index (χ0n) is 19.6. The second-order valence-corrected chi connectivity index (χ2v) is 8.17. The Hall–Kier alpha value is -3.99. The van der Waals surface area contributed by atoms with E-state index in [0.29, 0.717) is 0 Å². The van der Waals surface area contributed by atoms with Crippen molar-refractivity contribution in [3.05, 3.63) is 103 Å². The van der Waals surface area contributed by atoms with Crippen molar-refractivity contribution in [2.45, 2.75) is 13.8 Å². The minimum atomic E-state index is -0.125. The van der Waals surface area contributed by atoms with Gasteiger partial charge in [-0.05, 0) is 31.7 Å². The van der Waals surface area contributed by atoms with Crippen LogP contribution < -0.4 is 0 Å². The number of nitrogens with zero attached hydrogens (tertiary/aromatic N) is 1. The number of allylic oxidation sites excluding steroid dienone is 2. The standard InChI is InChI=1S/C25H14NO2.C5H8O2.Ir/c1-2-7-16(8-3-1)23-14-17-13-21(26-15-24(17)27-23)20-11-6-10-19-18-9-4-5-12-22(18)28-25(19)20;1-4(6)3-5(2)7;/h1-10,12-15H;3,6H,1-2H3;/q-1;;/b;4-3-;. The van der Waals surface area contributed by atoms with Crippen molar-refractivity contribution in [2.24, 2.45) is 0 Å². The summed E-state index contributed by atoms with van der Waals surface area (Å²) in [7, 11) is 0. The monoisotopic (exact) mass is 653 g/mol. The van der Waals surface area contributed by atoms with Crippen LogP contribution in [0.25, 0.3) is 55.5 Å². The van der Waals surface area contributed by atoms with Gasteiger partial charge in [0.2, 0.25) is 0 Å². The van der Waals surface area contributed by atoms with Crippen molar-refractivity contribution < 1.29 is 38.8 Å². The van der Waals surface area contributed by atoms with E-state index in [1.807, 2.05) is 66.7 Å². The number of furan rings is 2. The van der Waals surface area contributed by atoms with Gasteiger partial charge in [0.05, 0.1) is 17.5 Å². The molecular formula is C30H22IrNO4-. The number of ketones is 1. The predicted molar refractivity (Wildman–Crippen MR) is 138 cm³/mol. The summed E-state index contributed by atoms with van der Waals surface area (Å²) in [5, 5.41) is 11.5. The molecule has 0 unspecified atom stereocenters.